The van der Waals surface area contributed by atoms with E-state index >= 15 is 0 Å². The zero-order chi connectivity index (χ0) is 19.7. The van der Waals surface area contributed by atoms with Crippen LogP contribution in [-0.4, -0.2) is 16.0 Å². The van der Waals surface area contributed by atoms with Crippen LogP contribution < -0.4 is 5.73 Å². The van der Waals surface area contributed by atoms with Crippen LogP contribution in [0.3, 0.4) is 0 Å². The second-order valence-corrected chi connectivity index (χ2v) is 7.02. The van der Waals surface area contributed by atoms with E-state index in [-0.39, 0.29) is 24.4 Å². The van der Waals surface area contributed by atoms with Crippen LogP contribution in [0.5, 0.6) is 0 Å². The minimum atomic E-state index is -0.333. The number of nitrogens with two attached hydrogens (primary N) is 1. The number of carbonyl (C=O) groups excluding carboxylic acids is 1. The van der Waals surface area contributed by atoms with Crippen LogP contribution >= 0.6 is 0 Å². The standard InChI is InChI=1S/C23H20FN3O/c1-14-5-10-20(24)17(11-14)13-18(28)12-15-6-8-16(9-7-15)19-3-2-4-21-22(19)23(25)27-26-21/h2-11H,12-13H2,1H3,(H3,25,26,27). The summed E-state index contributed by atoms with van der Waals surface area (Å²) in [6.07, 6.45) is 0.367. The number of nitrogens with zero attached hydrogens (tertiary/aromatic N) is 1. The molecular weight excluding hydrogens is 353 g/mol. The first-order valence-corrected chi connectivity index (χ1v) is 9.10. The lowest BCUT2D eigenvalue weighted by atomic mass is 9.97. The zero-order valence-electron chi connectivity index (χ0n) is 15.5. The highest BCUT2D eigenvalue weighted by atomic mass is 19.1. The first kappa shape index (κ1) is 17.9. The largest absolute Gasteiger partial charge is 0.382 e. The summed E-state index contributed by atoms with van der Waals surface area (Å²) in [5.41, 5.74) is 11.2. The fraction of sp³-hybridized carbons (Fsp3) is 0.130. The third kappa shape index (κ3) is 3.51. The van der Waals surface area contributed by atoms with Gasteiger partial charge in [-0.15, -0.1) is 0 Å². The molecule has 0 spiro atoms. The second kappa shape index (κ2) is 7.27. The maximum absolute atomic E-state index is 13.9. The Labute approximate surface area is 162 Å². The van der Waals surface area contributed by atoms with E-state index < -0.39 is 0 Å². The minimum Gasteiger partial charge on any atom is -0.382 e. The van der Waals surface area contributed by atoms with Gasteiger partial charge in [0, 0.05) is 12.8 Å². The fourth-order valence-corrected chi connectivity index (χ4v) is 3.48. The number of fused-ring (bicyclic) bond motifs is 1. The molecule has 3 N–H and O–H groups in total. The summed E-state index contributed by atoms with van der Waals surface area (Å²) >= 11 is 0. The maximum Gasteiger partial charge on any atom is 0.153 e. The minimum absolute atomic E-state index is 0.0153. The molecule has 140 valence electrons. The smallest absolute Gasteiger partial charge is 0.153 e. The van der Waals surface area contributed by atoms with Crippen LogP contribution in [0.4, 0.5) is 10.2 Å². The maximum atomic E-state index is 13.9. The van der Waals surface area contributed by atoms with Crippen LogP contribution in [0.15, 0.2) is 60.7 Å². The molecule has 0 aliphatic rings. The fourth-order valence-electron chi connectivity index (χ4n) is 3.48. The molecule has 5 heteroatoms. The first-order valence-electron chi connectivity index (χ1n) is 9.10. The number of benzene rings is 3. The van der Waals surface area contributed by atoms with Gasteiger partial charge in [0.25, 0.3) is 0 Å². The van der Waals surface area contributed by atoms with Gasteiger partial charge >= 0.3 is 0 Å². The summed E-state index contributed by atoms with van der Waals surface area (Å²) in [7, 11) is 0. The summed E-state index contributed by atoms with van der Waals surface area (Å²) in [5.74, 6) is 0.114. The highest BCUT2D eigenvalue weighted by molar-refractivity contribution is 6.01. The molecule has 0 atom stereocenters. The molecule has 4 rings (SSSR count). The highest BCUT2D eigenvalue weighted by Crippen LogP contribution is 2.31. The number of aromatic nitrogens is 2. The molecule has 1 aromatic heterocycles. The Hall–Kier alpha value is -3.47. The highest BCUT2D eigenvalue weighted by Gasteiger charge is 2.12. The van der Waals surface area contributed by atoms with E-state index in [4.69, 9.17) is 5.73 Å². The molecule has 1 heterocycles. The molecule has 0 aliphatic carbocycles. The quantitative estimate of drug-likeness (QED) is 0.536. The molecular formula is C23H20FN3O. The number of rotatable bonds is 5. The van der Waals surface area contributed by atoms with Gasteiger partial charge in [-0.25, -0.2) is 4.39 Å². The number of aromatic amines is 1. The molecule has 4 nitrogen and oxygen atoms in total. The first-order chi connectivity index (χ1) is 13.5. The lowest BCUT2D eigenvalue weighted by Crippen LogP contribution is -2.08. The Balaban J connectivity index is 1.52. The van der Waals surface area contributed by atoms with Gasteiger partial charge in [-0.05, 0) is 41.3 Å². The summed E-state index contributed by atoms with van der Waals surface area (Å²) in [6.45, 7) is 1.89. The van der Waals surface area contributed by atoms with Gasteiger partial charge in [-0.2, -0.15) is 5.10 Å². The van der Waals surface area contributed by atoms with Crippen molar-refractivity contribution in [2.75, 3.05) is 5.73 Å². The summed E-state index contributed by atoms with van der Waals surface area (Å²) in [4.78, 5) is 12.4. The van der Waals surface area contributed by atoms with Gasteiger partial charge in [0.05, 0.1) is 10.9 Å². The van der Waals surface area contributed by atoms with E-state index in [2.05, 4.69) is 10.2 Å². The van der Waals surface area contributed by atoms with Crippen molar-refractivity contribution < 1.29 is 9.18 Å². The van der Waals surface area contributed by atoms with Crippen molar-refractivity contribution in [2.45, 2.75) is 19.8 Å². The number of anilines is 1. The van der Waals surface area contributed by atoms with E-state index in [1.54, 1.807) is 12.1 Å². The monoisotopic (exact) mass is 373 g/mol. The average Bonchev–Trinajstić information content (AvgIpc) is 3.07. The molecule has 0 aliphatic heterocycles. The topological polar surface area (TPSA) is 71.8 Å². The number of hydrogen-bond donors (Lipinski definition) is 2. The van der Waals surface area contributed by atoms with Gasteiger partial charge in [0.2, 0.25) is 0 Å². The molecule has 0 radical (unpaired) electrons. The molecule has 0 amide bonds. The number of nitrogen functional groups attached to an aromatic ring is 1. The van der Waals surface area contributed by atoms with E-state index in [0.29, 0.717) is 11.4 Å². The Bertz CT molecular complexity index is 1160. The third-order valence-corrected chi connectivity index (χ3v) is 4.87. The predicted molar refractivity (Wildman–Crippen MR) is 109 cm³/mol. The Morgan fingerprint density at radius 3 is 2.64 bits per heavy atom. The van der Waals surface area contributed by atoms with Crippen LogP contribution in [0.25, 0.3) is 22.0 Å². The lowest BCUT2D eigenvalue weighted by molar-refractivity contribution is -0.117. The second-order valence-electron chi connectivity index (χ2n) is 7.02. The molecule has 4 aromatic rings. The van der Waals surface area contributed by atoms with Gasteiger partial charge in [0.15, 0.2) is 5.82 Å². The van der Waals surface area contributed by atoms with Crippen molar-refractivity contribution >= 4 is 22.5 Å². The lowest BCUT2D eigenvalue weighted by Gasteiger charge is -2.07. The number of Topliss-reactive ketones (excluding diaryl/α,β-unsaturated/α-hetero) is 1. The molecule has 3 aromatic carbocycles. The summed E-state index contributed by atoms with van der Waals surface area (Å²) in [5, 5.41) is 7.88. The Morgan fingerprint density at radius 2 is 1.86 bits per heavy atom. The van der Waals surface area contributed by atoms with Crippen molar-refractivity contribution in [3.8, 4) is 11.1 Å². The number of H-pyrrole nitrogens is 1. The van der Waals surface area contributed by atoms with Crippen molar-refractivity contribution in [3.63, 3.8) is 0 Å². The number of nitrogens with one attached hydrogen (secondary N) is 1. The number of carbonyl (C=O) groups is 1. The number of halogens is 1. The number of hydrogen-bond acceptors (Lipinski definition) is 3. The van der Waals surface area contributed by atoms with E-state index in [0.717, 1.165) is 33.2 Å². The normalized spacial score (nSPS) is 11.1. The third-order valence-electron chi connectivity index (χ3n) is 4.87. The van der Waals surface area contributed by atoms with Crippen molar-refractivity contribution in [3.05, 3.63) is 83.2 Å². The van der Waals surface area contributed by atoms with Gasteiger partial charge in [0.1, 0.15) is 11.6 Å². The van der Waals surface area contributed by atoms with Gasteiger partial charge in [-0.3, -0.25) is 9.89 Å². The van der Waals surface area contributed by atoms with Crippen molar-refractivity contribution in [1.29, 1.82) is 0 Å². The van der Waals surface area contributed by atoms with E-state index in [1.807, 2.05) is 49.4 Å². The Morgan fingerprint density at radius 1 is 1.07 bits per heavy atom. The molecule has 0 fully saturated rings. The molecule has 0 bridgehead atoms. The van der Waals surface area contributed by atoms with E-state index in [1.165, 1.54) is 6.07 Å². The molecule has 0 unspecified atom stereocenters. The SMILES string of the molecule is Cc1ccc(F)c(CC(=O)Cc2ccc(-c3cccc4[nH]nc(N)c34)cc2)c1. The predicted octanol–water partition coefficient (Wildman–Crippen LogP) is 4.61. The van der Waals surface area contributed by atoms with Crippen LogP contribution in [0, 0.1) is 12.7 Å². The summed E-state index contributed by atoms with van der Waals surface area (Å²) in [6, 6.07) is 18.5. The van der Waals surface area contributed by atoms with Crippen LogP contribution in [0.1, 0.15) is 16.7 Å². The number of aryl methyl sites for hydroxylation is 1. The van der Waals surface area contributed by atoms with Crippen molar-refractivity contribution in [1.82, 2.24) is 10.2 Å². The molecule has 28 heavy (non-hydrogen) atoms. The van der Waals surface area contributed by atoms with Gasteiger partial charge in [-0.1, -0.05) is 54.1 Å². The van der Waals surface area contributed by atoms with Crippen molar-refractivity contribution in [2.24, 2.45) is 0 Å². The average molecular weight is 373 g/mol. The Kier molecular flexibility index (Phi) is 4.65. The van der Waals surface area contributed by atoms with Crippen LogP contribution in [-0.2, 0) is 17.6 Å². The van der Waals surface area contributed by atoms with E-state index in [9.17, 15) is 9.18 Å². The summed E-state index contributed by atoms with van der Waals surface area (Å²) < 4.78 is 13.9. The molecule has 0 saturated heterocycles. The number of ketones is 1. The van der Waals surface area contributed by atoms with Crippen LogP contribution in [0.2, 0.25) is 0 Å². The molecule has 0 saturated carbocycles. The zero-order valence-corrected chi connectivity index (χ0v) is 15.5. The van der Waals surface area contributed by atoms with Gasteiger partial charge < -0.3 is 5.73 Å².